The molecule has 0 spiro atoms. The highest BCUT2D eigenvalue weighted by molar-refractivity contribution is 5.82. The van der Waals surface area contributed by atoms with E-state index in [1.807, 2.05) is 48.5 Å². The molecule has 0 aliphatic heterocycles. The molecule has 1 aliphatic carbocycles. The molecule has 25 heavy (non-hydrogen) atoms. The molecule has 2 N–H and O–H groups in total. The molecule has 0 fully saturated rings. The van der Waals surface area contributed by atoms with Crippen molar-refractivity contribution in [3.05, 3.63) is 59.7 Å². The van der Waals surface area contributed by atoms with Crippen molar-refractivity contribution in [2.45, 2.75) is 18.4 Å². The van der Waals surface area contributed by atoms with Crippen LogP contribution in [0.25, 0.3) is 11.1 Å². The fourth-order valence-corrected chi connectivity index (χ4v) is 3.10. The molecule has 6 nitrogen and oxygen atoms in total. The van der Waals surface area contributed by atoms with E-state index >= 15 is 0 Å². The van der Waals surface area contributed by atoms with E-state index in [2.05, 4.69) is 5.32 Å². The third-order valence-electron chi connectivity index (χ3n) is 4.27. The highest BCUT2D eigenvalue weighted by Gasteiger charge is 2.29. The highest BCUT2D eigenvalue weighted by Crippen LogP contribution is 2.44. The van der Waals surface area contributed by atoms with Crippen molar-refractivity contribution in [3.8, 4) is 11.1 Å². The summed E-state index contributed by atoms with van der Waals surface area (Å²) in [5.41, 5.74) is 4.35. The van der Waals surface area contributed by atoms with Gasteiger partial charge in [-0.15, -0.1) is 0 Å². The van der Waals surface area contributed by atoms with Crippen LogP contribution in [0.3, 0.4) is 0 Å². The SMILES string of the molecule is O=CC[C@H](NC(=O)OCC1c2ccccc2-c2ccccc21)C(=O)O. The molecule has 1 atom stereocenters. The third-order valence-corrected chi connectivity index (χ3v) is 4.27. The minimum absolute atomic E-state index is 0.0906. The van der Waals surface area contributed by atoms with E-state index in [0.29, 0.717) is 6.29 Å². The largest absolute Gasteiger partial charge is 0.480 e. The Morgan fingerprint density at radius 2 is 1.64 bits per heavy atom. The number of amides is 1. The number of ether oxygens (including phenoxy) is 1. The van der Waals surface area contributed by atoms with Crippen LogP contribution in [0.5, 0.6) is 0 Å². The molecular formula is C19H17NO5. The van der Waals surface area contributed by atoms with E-state index in [4.69, 9.17) is 9.84 Å². The summed E-state index contributed by atoms with van der Waals surface area (Å²) in [7, 11) is 0. The molecule has 0 aromatic heterocycles. The molecule has 2 aromatic rings. The summed E-state index contributed by atoms with van der Waals surface area (Å²) < 4.78 is 5.24. The second-order valence-corrected chi connectivity index (χ2v) is 5.76. The van der Waals surface area contributed by atoms with Crippen molar-refractivity contribution in [2.24, 2.45) is 0 Å². The number of nitrogens with one attached hydrogen (secondary N) is 1. The van der Waals surface area contributed by atoms with Gasteiger partial charge in [0.1, 0.15) is 18.9 Å². The standard InChI is InChI=1S/C19H17NO5/c21-10-9-17(18(22)23)20-19(24)25-11-16-14-7-3-1-5-12(14)13-6-2-4-8-15(13)16/h1-8,10,16-17H,9,11H2,(H,20,24)(H,22,23)/t17-/m0/s1. The molecule has 128 valence electrons. The summed E-state index contributed by atoms with van der Waals surface area (Å²) >= 11 is 0. The minimum atomic E-state index is -1.28. The van der Waals surface area contributed by atoms with Crippen molar-refractivity contribution >= 4 is 18.3 Å². The Kier molecular flexibility index (Phi) is 4.79. The zero-order chi connectivity index (χ0) is 17.8. The number of hydrogen-bond acceptors (Lipinski definition) is 4. The lowest BCUT2D eigenvalue weighted by molar-refractivity contribution is -0.140. The molecule has 0 saturated carbocycles. The monoisotopic (exact) mass is 339 g/mol. The van der Waals surface area contributed by atoms with Crippen LogP contribution in [-0.2, 0) is 14.3 Å². The fraction of sp³-hybridized carbons (Fsp3) is 0.211. The molecule has 2 aromatic carbocycles. The number of carbonyl (C=O) groups excluding carboxylic acids is 2. The first-order chi connectivity index (χ1) is 12.1. The molecular weight excluding hydrogens is 322 g/mol. The molecule has 0 saturated heterocycles. The van der Waals surface area contributed by atoms with Gasteiger partial charge in [0, 0.05) is 12.3 Å². The van der Waals surface area contributed by atoms with Gasteiger partial charge in [-0.25, -0.2) is 9.59 Å². The van der Waals surface area contributed by atoms with Crippen molar-refractivity contribution in [1.29, 1.82) is 0 Å². The summed E-state index contributed by atoms with van der Waals surface area (Å²) in [6.45, 7) is 0.0906. The molecule has 0 unspecified atom stereocenters. The van der Waals surface area contributed by atoms with Gasteiger partial charge in [-0.1, -0.05) is 48.5 Å². The first kappa shape index (κ1) is 16.7. The predicted molar refractivity (Wildman–Crippen MR) is 90.3 cm³/mol. The quantitative estimate of drug-likeness (QED) is 0.789. The van der Waals surface area contributed by atoms with E-state index < -0.39 is 18.1 Å². The van der Waals surface area contributed by atoms with Crippen LogP contribution in [0.2, 0.25) is 0 Å². The van der Waals surface area contributed by atoms with E-state index in [1.165, 1.54) is 0 Å². The summed E-state index contributed by atoms with van der Waals surface area (Å²) in [4.78, 5) is 33.4. The lowest BCUT2D eigenvalue weighted by atomic mass is 9.98. The van der Waals surface area contributed by atoms with Crippen molar-refractivity contribution in [3.63, 3.8) is 0 Å². The zero-order valence-electron chi connectivity index (χ0n) is 13.3. The molecule has 1 aliphatic rings. The average molecular weight is 339 g/mol. The van der Waals surface area contributed by atoms with Crippen LogP contribution >= 0.6 is 0 Å². The van der Waals surface area contributed by atoms with Crippen LogP contribution in [0.1, 0.15) is 23.5 Å². The molecule has 0 bridgehead atoms. The van der Waals surface area contributed by atoms with Gasteiger partial charge in [-0.3, -0.25) is 0 Å². The Morgan fingerprint density at radius 3 is 2.16 bits per heavy atom. The number of carbonyl (C=O) groups is 3. The Morgan fingerprint density at radius 1 is 1.08 bits per heavy atom. The fourth-order valence-electron chi connectivity index (χ4n) is 3.10. The van der Waals surface area contributed by atoms with Crippen molar-refractivity contribution in [2.75, 3.05) is 6.61 Å². The van der Waals surface area contributed by atoms with Crippen LogP contribution < -0.4 is 5.32 Å². The number of aliphatic carboxylic acids is 1. The number of alkyl carbamates (subject to hydrolysis) is 1. The number of benzene rings is 2. The number of hydrogen-bond donors (Lipinski definition) is 2. The van der Waals surface area contributed by atoms with Gasteiger partial charge in [0.05, 0.1) is 0 Å². The molecule has 0 heterocycles. The topological polar surface area (TPSA) is 92.7 Å². The Balaban J connectivity index is 1.72. The summed E-state index contributed by atoms with van der Waals surface area (Å²) in [5.74, 6) is -1.38. The molecule has 0 radical (unpaired) electrons. The van der Waals surface area contributed by atoms with E-state index in [9.17, 15) is 14.4 Å². The number of carboxylic acid groups (broad SMARTS) is 1. The molecule has 6 heteroatoms. The maximum absolute atomic E-state index is 11.9. The van der Waals surface area contributed by atoms with E-state index in [-0.39, 0.29) is 18.9 Å². The third kappa shape index (κ3) is 3.38. The van der Waals surface area contributed by atoms with E-state index in [1.54, 1.807) is 0 Å². The van der Waals surface area contributed by atoms with E-state index in [0.717, 1.165) is 22.3 Å². The second-order valence-electron chi connectivity index (χ2n) is 5.76. The maximum atomic E-state index is 11.9. The van der Waals surface area contributed by atoms with Gasteiger partial charge in [0.25, 0.3) is 0 Å². The normalized spacial score (nSPS) is 13.4. The highest BCUT2D eigenvalue weighted by atomic mass is 16.5. The summed E-state index contributed by atoms with van der Waals surface area (Å²) in [6.07, 6.45) is -0.710. The van der Waals surface area contributed by atoms with Gasteiger partial charge in [-0.2, -0.15) is 0 Å². The van der Waals surface area contributed by atoms with Crippen LogP contribution in [0.4, 0.5) is 4.79 Å². The maximum Gasteiger partial charge on any atom is 0.407 e. The predicted octanol–water partition coefficient (Wildman–Crippen LogP) is 2.57. The van der Waals surface area contributed by atoms with Crippen molar-refractivity contribution in [1.82, 2.24) is 5.32 Å². The molecule has 1 amide bonds. The summed E-state index contributed by atoms with van der Waals surface area (Å²) in [5, 5.41) is 11.2. The lowest BCUT2D eigenvalue weighted by Gasteiger charge is -2.16. The Labute approximate surface area is 144 Å². The number of carboxylic acids is 1. The first-order valence-corrected chi connectivity index (χ1v) is 7.89. The number of aldehydes is 1. The average Bonchev–Trinajstić information content (AvgIpc) is 2.93. The minimum Gasteiger partial charge on any atom is -0.480 e. The zero-order valence-corrected chi connectivity index (χ0v) is 13.3. The number of fused-ring (bicyclic) bond motifs is 3. The van der Waals surface area contributed by atoms with Crippen LogP contribution in [0.15, 0.2) is 48.5 Å². The molecule has 3 rings (SSSR count). The van der Waals surface area contributed by atoms with Gasteiger partial charge in [-0.05, 0) is 22.3 Å². The summed E-state index contributed by atoms with van der Waals surface area (Å²) in [6, 6.07) is 14.5. The number of rotatable bonds is 6. The van der Waals surface area contributed by atoms with Crippen LogP contribution in [-0.4, -0.2) is 36.1 Å². The second kappa shape index (κ2) is 7.17. The Bertz CT molecular complexity index is 771. The smallest absolute Gasteiger partial charge is 0.407 e. The van der Waals surface area contributed by atoms with Crippen LogP contribution in [0, 0.1) is 0 Å². The Hall–Kier alpha value is -3.15. The van der Waals surface area contributed by atoms with Gasteiger partial charge in [0.15, 0.2) is 0 Å². The van der Waals surface area contributed by atoms with Gasteiger partial charge < -0.3 is 20.0 Å². The van der Waals surface area contributed by atoms with Gasteiger partial charge in [0.2, 0.25) is 0 Å². The lowest BCUT2D eigenvalue weighted by Crippen LogP contribution is -2.41. The first-order valence-electron chi connectivity index (χ1n) is 7.89. The van der Waals surface area contributed by atoms with Crippen molar-refractivity contribution < 1.29 is 24.2 Å². The van der Waals surface area contributed by atoms with Gasteiger partial charge >= 0.3 is 12.1 Å².